The van der Waals surface area contributed by atoms with Crippen molar-refractivity contribution in [2.45, 2.75) is 39.3 Å². The van der Waals surface area contributed by atoms with E-state index in [4.69, 9.17) is 0 Å². The van der Waals surface area contributed by atoms with Gasteiger partial charge in [-0.15, -0.1) is 24.0 Å². The number of nitrogens with zero attached hydrogens (tertiary/aromatic N) is 3. The van der Waals surface area contributed by atoms with Gasteiger partial charge in [0.25, 0.3) is 5.69 Å². The number of anilines is 1. The molecule has 1 aliphatic heterocycles. The lowest BCUT2D eigenvalue weighted by Gasteiger charge is -2.22. The van der Waals surface area contributed by atoms with E-state index >= 15 is 0 Å². The highest BCUT2D eigenvalue weighted by Gasteiger charge is 2.14. The van der Waals surface area contributed by atoms with E-state index in [1.54, 1.807) is 12.1 Å². The van der Waals surface area contributed by atoms with Crippen molar-refractivity contribution in [3.05, 3.63) is 69.8 Å². The lowest BCUT2D eigenvalue weighted by Crippen LogP contribution is -2.38. The second-order valence-electron chi connectivity index (χ2n) is 7.28. The maximum absolute atomic E-state index is 11.0. The molecule has 1 fully saturated rings. The monoisotopic (exact) mass is 523 g/mol. The summed E-state index contributed by atoms with van der Waals surface area (Å²) in [7, 11) is 0. The highest BCUT2D eigenvalue weighted by Crippen LogP contribution is 2.24. The quantitative estimate of drug-likeness (QED) is 0.182. The van der Waals surface area contributed by atoms with Gasteiger partial charge in [-0.2, -0.15) is 0 Å². The van der Waals surface area contributed by atoms with Crippen LogP contribution in [0.4, 0.5) is 11.4 Å². The van der Waals surface area contributed by atoms with Crippen LogP contribution < -0.4 is 15.5 Å². The Morgan fingerprint density at radius 2 is 1.93 bits per heavy atom. The molecule has 2 aromatic carbocycles. The van der Waals surface area contributed by atoms with Crippen molar-refractivity contribution in [3.8, 4) is 0 Å². The number of nitrogens with one attached hydrogen (secondary N) is 2. The Morgan fingerprint density at radius 3 is 2.63 bits per heavy atom. The van der Waals surface area contributed by atoms with E-state index in [0.29, 0.717) is 12.5 Å². The molecule has 1 heterocycles. The van der Waals surface area contributed by atoms with Crippen molar-refractivity contribution in [1.82, 2.24) is 10.6 Å². The smallest absolute Gasteiger partial charge is 0.269 e. The largest absolute Gasteiger partial charge is 0.372 e. The molecule has 0 bridgehead atoms. The molecule has 1 saturated heterocycles. The molecule has 0 spiro atoms. The van der Waals surface area contributed by atoms with E-state index in [-0.39, 0.29) is 40.6 Å². The van der Waals surface area contributed by atoms with E-state index in [1.807, 2.05) is 13.0 Å². The minimum Gasteiger partial charge on any atom is -0.372 e. The van der Waals surface area contributed by atoms with Crippen LogP contribution in [0.2, 0.25) is 0 Å². The zero-order valence-corrected chi connectivity index (χ0v) is 19.8. The fourth-order valence-corrected chi connectivity index (χ4v) is 3.51. The Hall–Kier alpha value is -2.36. The molecule has 1 unspecified atom stereocenters. The van der Waals surface area contributed by atoms with Crippen LogP contribution in [0.1, 0.15) is 43.9 Å². The highest BCUT2D eigenvalue weighted by atomic mass is 127. The van der Waals surface area contributed by atoms with Crippen LogP contribution in [0.3, 0.4) is 0 Å². The van der Waals surface area contributed by atoms with Crippen molar-refractivity contribution >= 4 is 41.3 Å². The molecule has 0 amide bonds. The van der Waals surface area contributed by atoms with Gasteiger partial charge in [0.05, 0.1) is 17.5 Å². The van der Waals surface area contributed by atoms with E-state index in [0.717, 1.165) is 25.2 Å². The molecule has 7 nitrogen and oxygen atoms in total. The van der Waals surface area contributed by atoms with Gasteiger partial charge < -0.3 is 15.5 Å². The number of rotatable bonds is 7. The first kappa shape index (κ1) is 23.9. The molecule has 1 atom stereocenters. The number of hydrogen-bond donors (Lipinski definition) is 2. The fraction of sp³-hybridized carbons (Fsp3) is 0.409. The summed E-state index contributed by atoms with van der Waals surface area (Å²) < 4.78 is 0. The molecule has 2 N–H and O–H groups in total. The Bertz CT molecular complexity index is 868. The zero-order chi connectivity index (χ0) is 20.6. The molecule has 30 heavy (non-hydrogen) atoms. The number of aliphatic imine (C=N–C) groups is 1. The average Bonchev–Trinajstić information content (AvgIpc) is 3.27. The SMILES string of the molecule is CCNC(=NCc1cccc([N+](=O)[O-])c1)NC(C)c1cccc(N2CCCC2)c1.I. The van der Waals surface area contributed by atoms with Crippen molar-refractivity contribution in [2.75, 3.05) is 24.5 Å². The zero-order valence-electron chi connectivity index (χ0n) is 17.5. The van der Waals surface area contributed by atoms with E-state index < -0.39 is 0 Å². The minimum atomic E-state index is -0.383. The van der Waals surface area contributed by atoms with Crippen molar-refractivity contribution in [1.29, 1.82) is 0 Å². The second-order valence-corrected chi connectivity index (χ2v) is 7.28. The molecule has 1 aliphatic rings. The van der Waals surface area contributed by atoms with E-state index in [2.05, 4.69) is 51.7 Å². The van der Waals surface area contributed by atoms with Crippen LogP contribution in [0, 0.1) is 10.1 Å². The summed E-state index contributed by atoms with van der Waals surface area (Å²) in [6, 6.07) is 15.3. The minimum absolute atomic E-state index is 0. The van der Waals surface area contributed by atoms with Crippen LogP contribution in [-0.2, 0) is 6.54 Å². The summed E-state index contributed by atoms with van der Waals surface area (Å²) in [5.74, 6) is 0.693. The van der Waals surface area contributed by atoms with Crippen LogP contribution in [-0.4, -0.2) is 30.5 Å². The summed E-state index contributed by atoms with van der Waals surface area (Å²) in [5, 5.41) is 17.7. The van der Waals surface area contributed by atoms with Gasteiger partial charge in [-0.1, -0.05) is 24.3 Å². The van der Waals surface area contributed by atoms with Gasteiger partial charge in [0.15, 0.2) is 5.96 Å². The van der Waals surface area contributed by atoms with E-state index in [9.17, 15) is 10.1 Å². The first-order valence-electron chi connectivity index (χ1n) is 10.2. The third-order valence-electron chi connectivity index (χ3n) is 5.08. The van der Waals surface area contributed by atoms with Gasteiger partial charge in [-0.05, 0) is 49.9 Å². The molecule has 0 aromatic heterocycles. The highest BCUT2D eigenvalue weighted by molar-refractivity contribution is 14.0. The number of hydrogen-bond acceptors (Lipinski definition) is 4. The summed E-state index contributed by atoms with van der Waals surface area (Å²) >= 11 is 0. The third-order valence-corrected chi connectivity index (χ3v) is 5.08. The summed E-state index contributed by atoms with van der Waals surface area (Å²) in [6.07, 6.45) is 2.51. The Morgan fingerprint density at radius 1 is 1.20 bits per heavy atom. The summed E-state index contributed by atoms with van der Waals surface area (Å²) in [6.45, 7) is 7.49. The van der Waals surface area contributed by atoms with Gasteiger partial charge in [-0.25, -0.2) is 4.99 Å². The predicted octanol–water partition coefficient (Wildman–Crippen LogP) is 4.63. The standard InChI is InChI=1S/C22H29N5O2.HI/c1-3-23-22(24-16-18-8-6-11-21(14-18)27(28)29)25-17(2)19-9-7-10-20(15-19)26-12-4-5-13-26;/h6-11,14-15,17H,3-5,12-13,16H2,1-2H3,(H2,23,24,25);1H. The Balaban J connectivity index is 0.00000320. The van der Waals surface area contributed by atoms with E-state index in [1.165, 1.54) is 30.2 Å². The van der Waals surface area contributed by atoms with Crippen molar-refractivity contribution in [2.24, 2.45) is 4.99 Å². The first-order valence-corrected chi connectivity index (χ1v) is 10.2. The molecule has 0 saturated carbocycles. The van der Waals surface area contributed by atoms with Gasteiger partial charge in [0.1, 0.15) is 0 Å². The molecule has 8 heteroatoms. The molecular formula is C22H30IN5O2. The number of halogens is 1. The number of nitro benzene ring substituents is 1. The molecule has 2 aromatic rings. The third kappa shape index (κ3) is 6.58. The molecule has 3 rings (SSSR count). The number of guanidine groups is 1. The second kappa shape index (κ2) is 11.7. The van der Waals surface area contributed by atoms with Crippen LogP contribution in [0.15, 0.2) is 53.5 Å². The van der Waals surface area contributed by atoms with Crippen LogP contribution in [0.25, 0.3) is 0 Å². The number of benzene rings is 2. The van der Waals surface area contributed by atoms with Crippen molar-refractivity contribution < 1.29 is 4.92 Å². The average molecular weight is 523 g/mol. The van der Waals surface area contributed by atoms with Gasteiger partial charge in [-0.3, -0.25) is 10.1 Å². The van der Waals surface area contributed by atoms with Gasteiger partial charge >= 0.3 is 0 Å². The molecule has 0 radical (unpaired) electrons. The lowest BCUT2D eigenvalue weighted by atomic mass is 10.1. The van der Waals surface area contributed by atoms with Gasteiger partial charge in [0, 0.05) is 37.5 Å². The lowest BCUT2D eigenvalue weighted by molar-refractivity contribution is -0.384. The topological polar surface area (TPSA) is 82.8 Å². The normalized spacial score (nSPS) is 14.7. The molecule has 162 valence electrons. The Labute approximate surface area is 195 Å². The molecule has 0 aliphatic carbocycles. The summed E-state index contributed by atoms with van der Waals surface area (Å²) in [4.78, 5) is 17.6. The first-order chi connectivity index (χ1) is 14.1. The van der Waals surface area contributed by atoms with Crippen molar-refractivity contribution in [3.63, 3.8) is 0 Å². The fourth-order valence-electron chi connectivity index (χ4n) is 3.51. The summed E-state index contributed by atoms with van der Waals surface area (Å²) in [5.41, 5.74) is 3.37. The maximum Gasteiger partial charge on any atom is 0.269 e. The van der Waals surface area contributed by atoms with Crippen LogP contribution >= 0.6 is 24.0 Å². The number of non-ortho nitro benzene ring substituents is 1. The number of nitro groups is 1. The Kier molecular flexibility index (Phi) is 9.35. The van der Waals surface area contributed by atoms with Gasteiger partial charge in [0.2, 0.25) is 0 Å². The van der Waals surface area contributed by atoms with Crippen LogP contribution in [0.5, 0.6) is 0 Å². The predicted molar refractivity (Wildman–Crippen MR) is 133 cm³/mol. The molecular weight excluding hydrogens is 493 g/mol. The maximum atomic E-state index is 11.0.